The summed E-state index contributed by atoms with van der Waals surface area (Å²) < 4.78 is 1.75. The predicted molar refractivity (Wildman–Crippen MR) is 86.6 cm³/mol. The second kappa shape index (κ2) is 6.63. The molecule has 0 radical (unpaired) electrons. The lowest BCUT2D eigenvalue weighted by Gasteiger charge is -2.32. The average molecular weight is 309 g/mol. The first-order valence-corrected chi connectivity index (χ1v) is 7.71. The lowest BCUT2D eigenvalue weighted by Crippen LogP contribution is -2.50. The van der Waals surface area contributed by atoms with Crippen LogP contribution in [0.2, 0.25) is 0 Å². The molecular weight excluding hydrogens is 290 g/mol. The Kier molecular flexibility index (Phi) is 4.40. The number of carbonyl (C=O) groups excluding carboxylic acids is 1. The number of aryl methyl sites for hydroxylation is 1. The fraction of sp³-hybridized carbons (Fsp3) is 0.353. The molecule has 1 aliphatic rings. The van der Waals surface area contributed by atoms with Crippen molar-refractivity contribution in [2.24, 2.45) is 7.05 Å². The Morgan fingerprint density at radius 3 is 2.78 bits per heavy atom. The van der Waals surface area contributed by atoms with Crippen molar-refractivity contribution in [1.82, 2.24) is 15.1 Å². The Morgan fingerprint density at radius 1 is 1.35 bits per heavy atom. The summed E-state index contributed by atoms with van der Waals surface area (Å²) in [5.41, 5.74) is 2.37. The van der Waals surface area contributed by atoms with E-state index in [9.17, 15) is 4.79 Å². The van der Waals surface area contributed by atoms with Gasteiger partial charge < -0.3 is 10.2 Å². The highest BCUT2D eigenvalue weighted by Gasteiger charge is 2.29. The van der Waals surface area contributed by atoms with Gasteiger partial charge in [0.1, 0.15) is 0 Å². The van der Waals surface area contributed by atoms with Gasteiger partial charge in [-0.2, -0.15) is 10.4 Å². The van der Waals surface area contributed by atoms with Gasteiger partial charge in [-0.25, -0.2) is 0 Å². The number of rotatable bonds is 4. The molecule has 1 aromatic heterocycles. The predicted octanol–water partition coefficient (Wildman–Crippen LogP) is 1.58. The monoisotopic (exact) mass is 309 g/mol. The number of nitriles is 1. The minimum Gasteiger partial charge on any atom is -0.311 e. The van der Waals surface area contributed by atoms with Crippen LogP contribution < -0.4 is 10.2 Å². The Hall–Kier alpha value is -2.65. The number of benzene rings is 1. The van der Waals surface area contributed by atoms with Crippen LogP contribution in [0, 0.1) is 11.3 Å². The summed E-state index contributed by atoms with van der Waals surface area (Å²) >= 11 is 0. The molecule has 1 saturated heterocycles. The van der Waals surface area contributed by atoms with Crippen molar-refractivity contribution >= 4 is 11.6 Å². The average Bonchev–Trinajstić information content (AvgIpc) is 2.99. The van der Waals surface area contributed by atoms with Crippen LogP contribution >= 0.6 is 0 Å². The second-order valence-corrected chi connectivity index (χ2v) is 5.71. The summed E-state index contributed by atoms with van der Waals surface area (Å²) in [6.07, 6.45) is 3.67. The Labute approximate surface area is 135 Å². The second-order valence-electron chi connectivity index (χ2n) is 5.71. The first kappa shape index (κ1) is 15.3. The van der Waals surface area contributed by atoms with Crippen LogP contribution in [0.1, 0.15) is 24.1 Å². The highest BCUT2D eigenvalue weighted by Crippen LogP contribution is 2.21. The topological polar surface area (TPSA) is 74.0 Å². The molecule has 3 rings (SSSR count). The number of amides is 1. The van der Waals surface area contributed by atoms with Crippen molar-refractivity contribution in [3.8, 4) is 6.07 Å². The highest BCUT2D eigenvalue weighted by atomic mass is 16.2. The molecule has 0 aliphatic carbocycles. The number of piperidine rings is 1. The summed E-state index contributed by atoms with van der Waals surface area (Å²) in [6.45, 7) is 1.30. The molecule has 2 aromatic rings. The molecule has 23 heavy (non-hydrogen) atoms. The third-order valence-corrected chi connectivity index (χ3v) is 4.05. The SMILES string of the molecule is Cn1ccc(CN[C@H]2CCCN(c3ccc(C#N)cc3)C2=O)n1. The fourth-order valence-corrected chi connectivity index (χ4v) is 2.82. The molecule has 1 aromatic carbocycles. The minimum atomic E-state index is -0.193. The minimum absolute atomic E-state index is 0.0805. The molecule has 0 bridgehead atoms. The number of nitrogens with zero attached hydrogens (tertiary/aromatic N) is 4. The van der Waals surface area contributed by atoms with E-state index < -0.39 is 0 Å². The first-order chi connectivity index (χ1) is 11.2. The van der Waals surface area contributed by atoms with Gasteiger partial charge in [0.15, 0.2) is 0 Å². The van der Waals surface area contributed by atoms with Gasteiger partial charge in [0, 0.05) is 32.0 Å². The van der Waals surface area contributed by atoms with Crippen molar-refractivity contribution in [2.75, 3.05) is 11.4 Å². The van der Waals surface area contributed by atoms with Crippen LogP contribution in [0.4, 0.5) is 5.69 Å². The van der Waals surface area contributed by atoms with Gasteiger partial charge in [0.05, 0.1) is 23.4 Å². The largest absolute Gasteiger partial charge is 0.311 e. The van der Waals surface area contributed by atoms with E-state index in [1.807, 2.05) is 31.4 Å². The molecule has 1 amide bonds. The Morgan fingerprint density at radius 2 is 2.13 bits per heavy atom. The van der Waals surface area contributed by atoms with Crippen molar-refractivity contribution in [3.05, 3.63) is 47.8 Å². The molecule has 6 heteroatoms. The van der Waals surface area contributed by atoms with Crippen molar-refractivity contribution in [2.45, 2.75) is 25.4 Å². The number of carbonyl (C=O) groups is 1. The summed E-state index contributed by atoms with van der Waals surface area (Å²) in [6, 6.07) is 11.0. The van der Waals surface area contributed by atoms with E-state index in [0.717, 1.165) is 24.2 Å². The third-order valence-electron chi connectivity index (χ3n) is 4.05. The normalized spacial score (nSPS) is 18.0. The van der Waals surface area contributed by atoms with Crippen molar-refractivity contribution in [3.63, 3.8) is 0 Å². The number of hydrogen-bond donors (Lipinski definition) is 1. The van der Waals surface area contributed by atoms with E-state index in [0.29, 0.717) is 18.7 Å². The first-order valence-electron chi connectivity index (χ1n) is 7.71. The van der Waals surface area contributed by atoms with Crippen LogP contribution in [0.5, 0.6) is 0 Å². The van der Waals surface area contributed by atoms with Gasteiger partial charge in [-0.3, -0.25) is 9.48 Å². The van der Waals surface area contributed by atoms with E-state index >= 15 is 0 Å². The van der Waals surface area contributed by atoms with Gasteiger partial charge in [0.25, 0.3) is 0 Å². The quantitative estimate of drug-likeness (QED) is 0.930. The van der Waals surface area contributed by atoms with Gasteiger partial charge in [-0.15, -0.1) is 0 Å². The van der Waals surface area contributed by atoms with Gasteiger partial charge in [-0.1, -0.05) is 0 Å². The molecule has 118 valence electrons. The Bertz CT molecular complexity index is 728. The number of anilines is 1. The third kappa shape index (κ3) is 3.41. The van der Waals surface area contributed by atoms with Crippen LogP contribution in [-0.2, 0) is 18.4 Å². The molecule has 1 N–H and O–H groups in total. The zero-order chi connectivity index (χ0) is 16.2. The molecule has 1 aliphatic heterocycles. The summed E-state index contributed by atoms with van der Waals surface area (Å²) in [5.74, 6) is 0.0805. The number of hydrogen-bond acceptors (Lipinski definition) is 4. The smallest absolute Gasteiger partial charge is 0.244 e. The summed E-state index contributed by atoms with van der Waals surface area (Å²) in [5, 5.41) is 16.5. The van der Waals surface area contributed by atoms with E-state index in [2.05, 4.69) is 16.5 Å². The molecule has 1 atom stereocenters. The Balaban J connectivity index is 1.66. The molecule has 0 unspecified atom stereocenters. The molecule has 6 nitrogen and oxygen atoms in total. The van der Waals surface area contributed by atoms with Gasteiger partial charge >= 0.3 is 0 Å². The molecule has 0 spiro atoms. The van der Waals surface area contributed by atoms with E-state index in [-0.39, 0.29) is 11.9 Å². The molecule has 1 fully saturated rings. The van der Waals surface area contributed by atoms with Crippen LogP contribution in [0.15, 0.2) is 36.5 Å². The van der Waals surface area contributed by atoms with E-state index in [1.54, 1.807) is 21.7 Å². The molecule has 2 heterocycles. The molecular formula is C17H19N5O. The molecule has 0 saturated carbocycles. The van der Waals surface area contributed by atoms with Gasteiger partial charge in [0.2, 0.25) is 5.91 Å². The van der Waals surface area contributed by atoms with Crippen LogP contribution in [-0.4, -0.2) is 28.3 Å². The maximum Gasteiger partial charge on any atom is 0.244 e. The maximum atomic E-state index is 12.7. The standard InChI is InChI=1S/C17H19N5O/c1-21-10-8-14(20-21)12-19-16-3-2-9-22(17(16)23)15-6-4-13(11-18)5-7-15/h4-8,10,16,19H,2-3,9,12H2,1H3/t16-/m0/s1. The zero-order valence-corrected chi connectivity index (χ0v) is 13.1. The van der Waals surface area contributed by atoms with E-state index in [1.165, 1.54) is 0 Å². The van der Waals surface area contributed by atoms with E-state index in [4.69, 9.17) is 5.26 Å². The van der Waals surface area contributed by atoms with Crippen LogP contribution in [0.3, 0.4) is 0 Å². The lowest BCUT2D eigenvalue weighted by atomic mass is 10.0. The maximum absolute atomic E-state index is 12.7. The number of aromatic nitrogens is 2. The lowest BCUT2D eigenvalue weighted by molar-refractivity contribution is -0.121. The number of nitrogens with one attached hydrogen (secondary N) is 1. The summed E-state index contributed by atoms with van der Waals surface area (Å²) in [7, 11) is 1.88. The fourth-order valence-electron chi connectivity index (χ4n) is 2.82. The van der Waals surface area contributed by atoms with Crippen molar-refractivity contribution in [1.29, 1.82) is 5.26 Å². The summed E-state index contributed by atoms with van der Waals surface area (Å²) in [4.78, 5) is 14.5. The van der Waals surface area contributed by atoms with Gasteiger partial charge in [-0.05, 0) is 43.2 Å². The highest BCUT2D eigenvalue weighted by molar-refractivity contribution is 5.97. The van der Waals surface area contributed by atoms with Crippen molar-refractivity contribution < 1.29 is 4.79 Å². The van der Waals surface area contributed by atoms with Crippen LogP contribution in [0.25, 0.3) is 0 Å². The zero-order valence-electron chi connectivity index (χ0n) is 13.1.